The van der Waals surface area contributed by atoms with Gasteiger partial charge in [-0.15, -0.1) is 6.58 Å². The lowest BCUT2D eigenvalue weighted by molar-refractivity contribution is 0.122. The van der Waals surface area contributed by atoms with Crippen LogP contribution in [0.1, 0.15) is 5.56 Å². The van der Waals surface area contributed by atoms with Gasteiger partial charge in [0.05, 0.1) is 13.2 Å². The SMILES string of the molecule is C=CCNC(=NC)NCc1ccc(N2CCOCC2)cc1. The van der Waals surface area contributed by atoms with Crippen LogP contribution in [0.2, 0.25) is 0 Å². The van der Waals surface area contributed by atoms with Gasteiger partial charge in [0.2, 0.25) is 0 Å². The van der Waals surface area contributed by atoms with Gasteiger partial charge in [-0.1, -0.05) is 18.2 Å². The van der Waals surface area contributed by atoms with Crippen molar-refractivity contribution in [3.8, 4) is 0 Å². The highest BCUT2D eigenvalue weighted by molar-refractivity contribution is 5.79. The van der Waals surface area contributed by atoms with Gasteiger partial charge in [-0.3, -0.25) is 4.99 Å². The molecule has 0 radical (unpaired) electrons. The lowest BCUT2D eigenvalue weighted by Gasteiger charge is -2.28. The molecule has 1 aromatic rings. The van der Waals surface area contributed by atoms with Crippen LogP contribution in [0.3, 0.4) is 0 Å². The van der Waals surface area contributed by atoms with Gasteiger partial charge in [-0.2, -0.15) is 0 Å². The molecule has 0 aromatic heterocycles. The van der Waals surface area contributed by atoms with E-state index in [1.54, 1.807) is 7.05 Å². The molecule has 1 aromatic carbocycles. The van der Waals surface area contributed by atoms with Crippen molar-refractivity contribution in [2.75, 3.05) is 44.8 Å². The van der Waals surface area contributed by atoms with Crippen LogP contribution in [0, 0.1) is 0 Å². The highest BCUT2D eigenvalue weighted by Crippen LogP contribution is 2.16. The molecule has 0 saturated carbocycles. The van der Waals surface area contributed by atoms with Crippen molar-refractivity contribution < 1.29 is 4.74 Å². The van der Waals surface area contributed by atoms with Gasteiger partial charge in [0.1, 0.15) is 0 Å². The van der Waals surface area contributed by atoms with Crippen LogP contribution in [-0.2, 0) is 11.3 Å². The van der Waals surface area contributed by atoms with Crippen molar-refractivity contribution in [1.29, 1.82) is 0 Å². The Balaban J connectivity index is 1.85. The molecule has 1 aliphatic heterocycles. The van der Waals surface area contributed by atoms with Crippen LogP contribution in [0.25, 0.3) is 0 Å². The Morgan fingerprint density at radius 1 is 1.29 bits per heavy atom. The second kappa shape index (κ2) is 8.32. The summed E-state index contributed by atoms with van der Waals surface area (Å²) in [5.41, 5.74) is 2.49. The summed E-state index contributed by atoms with van der Waals surface area (Å²) in [4.78, 5) is 6.51. The molecule has 0 bridgehead atoms. The van der Waals surface area contributed by atoms with Crippen LogP contribution in [-0.4, -0.2) is 45.9 Å². The molecule has 1 fully saturated rings. The number of hydrogen-bond acceptors (Lipinski definition) is 3. The summed E-state index contributed by atoms with van der Waals surface area (Å²) in [6.07, 6.45) is 1.81. The molecule has 5 heteroatoms. The molecule has 1 heterocycles. The zero-order chi connectivity index (χ0) is 14.9. The Hall–Kier alpha value is -2.01. The summed E-state index contributed by atoms with van der Waals surface area (Å²) in [5.74, 6) is 0.784. The molecule has 1 saturated heterocycles. The highest BCUT2D eigenvalue weighted by atomic mass is 16.5. The van der Waals surface area contributed by atoms with Crippen LogP contribution in [0.15, 0.2) is 41.9 Å². The molecule has 114 valence electrons. The third-order valence-corrected chi connectivity index (χ3v) is 3.41. The number of morpholine rings is 1. The number of rotatable bonds is 5. The molecular formula is C16H24N4O. The predicted molar refractivity (Wildman–Crippen MR) is 87.9 cm³/mol. The van der Waals surface area contributed by atoms with E-state index in [1.165, 1.54) is 11.3 Å². The zero-order valence-electron chi connectivity index (χ0n) is 12.6. The number of nitrogens with zero attached hydrogens (tertiary/aromatic N) is 2. The fourth-order valence-corrected chi connectivity index (χ4v) is 2.22. The average molecular weight is 288 g/mol. The topological polar surface area (TPSA) is 48.9 Å². The van der Waals surface area contributed by atoms with Crippen molar-refractivity contribution in [1.82, 2.24) is 10.6 Å². The Bertz CT molecular complexity index is 464. The number of aliphatic imine (C=N–C) groups is 1. The number of nitrogens with one attached hydrogen (secondary N) is 2. The number of guanidine groups is 1. The average Bonchev–Trinajstić information content (AvgIpc) is 2.56. The first-order chi connectivity index (χ1) is 10.3. The molecule has 21 heavy (non-hydrogen) atoms. The minimum Gasteiger partial charge on any atom is -0.378 e. The van der Waals surface area contributed by atoms with Crippen molar-refractivity contribution in [3.63, 3.8) is 0 Å². The molecule has 0 unspecified atom stereocenters. The second-order valence-electron chi connectivity index (χ2n) is 4.86. The van der Waals surface area contributed by atoms with E-state index >= 15 is 0 Å². The molecule has 5 nitrogen and oxygen atoms in total. The smallest absolute Gasteiger partial charge is 0.191 e. The first-order valence-electron chi connectivity index (χ1n) is 7.30. The zero-order valence-corrected chi connectivity index (χ0v) is 12.6. The van der Waals surface area contributed by atoms with Gasteiger partial charge in [0, 0.05) is 38.9 Å². The normalized spacial score (nSPS) is 15.7. The number of hydrogen-bond donors (Lipinski definition) is 2. The Labute approximate surface area is 126 Å². The molecule has 2 N–H and O–H groups in total. The second-order valence-corrected chi connectivity index (χ2v) is 4.86. The van der Waals surface area contributed by atoms with Gasteiger partial charge >= 0.3 is 0 Å². The van der Waals surface area contributed by atoms with Gasteiger partial charge in [-0.05, 0) is 17.7 Å². The number of anilines is 1. The first-order valence-corrected chi connectivity index (χ1v) is 7.30. The first kappa shape index (κ1) is 15.4. The molecule has 0 amide bonds. The van der Waals surface area contributed by atoms with E-state index in [1.807, 2.05) is 6.08 Å². The molecule has 0 aliphatic carbocycles. The third kappa shape index (κ3) is 4.79. The van der Waals surface area contributed by atoms with E-state index in [-0.39, 0.29) is 0 Å². The Morgan fingerprint density at radius 3 is 2.62 bits per heavy atom. The van der Waals surface area contributed by atoms with Gasteiger partial charge in [0.15, 0.2) is 5.96 Å². The molecule has 2 rings (SSSR count). The van der Waals surface area contributed by atoms with Gasteiger partial charge in [-0.25, -0.2) is 0 Å². The van der Waals surface area contributed by atoms with Gasteiger partial charge < -0.3 is 20.3 Å². The van der Waals surface area contributed by atoms with Crippen molar-refractivity contribution in [2.45, 2.75) is 6.54 Å². The maximum Gasteiger partial charge on any atom is 0.191 e. The highest BCUT2D eigenvalue weighted by Gasteiger charge is 2.10. The molecular weight excluding hydrogens is 264 g/mol. The number of benzene rings is 1. The maximum absolute atomic E-state index is 5.38. The lowest BCUT2D eigenvalue weighted by Crippen LogP contribution is -2.37. The van der Waals surface area contributed by atoms with E-state index in [0.29, 0.717) is 6.54 Å². The summed E-state index contributed by atoms with van der Waals surface area (Å²) in [7, 11) is 1.76. The third-order valence-electron chi connectivity index (χ3n) is 3.41. The quantitative estimate of drug-likeness (QED) is 0.488. The van der Waals surface area contributed by atoms with E-state index in [2.05, 4.69) is 51.4 Å². The fourth-order valence-electron chi connectivity index (χ4n) is 2.22. The van der Waals surface area contributed by atoms with E-state index in [9.17, 15) is 0 Å². The predicted octanol–water partition coefficient (Wildman–Crippen LogP) is 1.37. The molecule has 1 aliphatic rings. The van der Waals surface area contributed by atoms with Crippen molar-refractivity contribution in [3.05, 3.63) is 42.5 Å². The minimum atomic E-state index is 0.704. The maximum atomic E-state index is 5.38. The minimum absolute atomic E-state index is 0.704. The van der Waals surface area contributed by atoms with E-state index < -0.39 is 0 Å². The lowest BCUT2D eigenvalue weighted by atomic mass is 10.2. The van der Waals surface area contributed by atoms with E-state index in [4.69, 9.17) is 4.74 Å². The fraction of sp³-hybridized carbons (Fsp3) is 0.438. The summed E-state index contributed by atoms with van der Waals surface area (Å²) >= 11 is 0. The van der Waals surface area contributed by atoms with Crippen LogP contribution in [0.5, 0.6) is 0 Å². The van der Waals surface area contributed by atoms with E-state index in [0.717, 1.165) is 38.8 Å². The Morgan fingerprint density at radius 2 is 2.00 bits per heavy atom. The monoisotopic (exact) mass is 288 g/mol. The van der Waals surface area contributed by atoms with Crippen molar-refractivity contribution >= 4 is 11.6 Å². The summed E-state index contributed by atoms with van der Waals surface area (Å²) in [5, 5.41) is 6.43. The standard InChI is InChI=1S/C16H24N4O/c1-3-8-18-16(17-2)19-13-14-4-6-15(7-5-14)20-9-11-21-12-10-20/h3-7H,1,8-13H2,2H3,(H2,17,18,19). The summed E-state index contributed by atoms with van der Waals surface area (Å²) in [6.45, 7) is 8.70. The largest absolute Gasteiger partial charge is 0.378 e. The van der Waals surface area contributed by atoms with Crippen LogP contribution in [0.4, 0.5) is 5.69 Å². The Kier molecular flexibility index (Phi) is 6.09. The van der Waals surface area contributed by atoms with Gasteiger partial charge in [0.25, 0.3) is 0 Å². The summed E-state index contributed by atoms with van der Waals surface area (Å²) in [6, 6.07) is 8.64. The summed E-state index contributed by atoms with van der Waals surface area (Å²) < 4.78 is 5.38. The van der Waals surface area contributed by atoms with Crippen LogP contribution < -0.4 is 15.5 Å². The molecule has 0 spiro atoms. The number of ether oxygens (including phenoxy) is 1. The van der Waals surface area contributed by atoms with Crippen LogP contribution >= 0.6 is 0 Å². The molecule has 0 atom stereocenters. The van der Waals surface area contributed by atoms with Crippen molar-refractivity contribution in [2.24, 2.45) is 4.99 Å².